The minimum Gasteiger partial charge on any atom is -0.323 e. The van der Waals surface area contributed by atoms with Crippen LogP contribution in [0.4, 0.5) is 11.4 Å². The molecule has 0 fully saturated rings. The zero-order chi connectivity index (χ0) is 19.5. The molecule has 0 aromatic heterocycles. The molecule has 2 rings (SSSR count). The Labute approximate surface area is 164 Å². The summed E-state index contributed by atoms with van der Waals surface area (Å²) in [5, 5.41) is 3.41. The van der Waals surface area contributed by atoms with Crippen LogP contribution in [-0.2, 0) is 14.8 Å². The van der Waals surface area contributed by atoms with Gasteiger partial charge in [-0.05, 0) is 49.2 Å². The predicted octanol–water partition coefficient (Wildman–Crippen LogP) is 4.49. The van der Waals surface area contributed by atoms with Crippen molar-refractivity contribution in [2.24, 2.45) is 0 Å². The Morgan fingerprint density at radius 1 is 1.19 bits per heavy atom. The summed E-state index contributed by atoms with van der Waals surface area (Å²) in [6.07, 6.45) is 1.36. The molecule has 0 aliphatic rings. The van der Waals surface area contributed by atoms with E-state index >= 15 is 0 Å². The van der Waals surface area contributed by atoms with Crippen LogP contribution in [-0.4, -0.2) is 26.6 Å². The standard InChI is InChI=1S/C18H20Cl2N2O3S/c1-4-17(18(23)21-16-11-13(19)8-9-15(16)20)22(26(3,24)25)14-7-5-6-12(2)10-14/h5-11,17H,4H2,1-3H3,(H,21,23)/t17-/m1/s1. The van der Waals surface area contributed by atoms with Crippen LogP contribution in [0.3, 0.4) is 0 Å². The van der Waals surface area contributed by atoms with Crippen LogP contribution < -0.4 is 9.62 Å². The first-order chi connectivity index (χ1) is 12.1. The molecule has 0 aliphatic heterocycles. The average molecular weight is 415 g/mol. The monoisotopic (exact) mass is 414 g/mol. The van der Waals surface area contributed by atoms with Gasteiger partial charge in [-0.2, -0.15) is 0 Å². The molecule has 0 heterocycles. The summed E-state index contributed by atoms with van der Waals surface area (Å²) in [4.78, 5) is 12.8. The highest BCUT2D eigenvalue weighted by molar-refractivity contribution is 7.92. The first kappa shape index (κ1) is 20.6. The summed E-state index contributed by atoms with van der Waals surface area (Å²) in [6, 6.07) is 10.8. The van der Waals surface area contributed by atoms with Crippen LogP contribution in [0.15, 0.2) is 42.5 Å². The third-order valence-electron chi connectivity index (χ3n) is 3.77. The zero-order valence-corrected chi connectivity index (χ0v) is 17.0. The number of carbonyl (C=O) groups is 1. The number of benzene rings is 2. The van der Waals surface area contributed by atoms with Gasteiger partial charge in [0.2, 0.25) is 15.9 Å². The van der Waals surface area contributed by atoms with Gasteiger partial charge < -0.3 is 5.32 Å². The molecule has 2 aromatic rings. The molecule has 2 aromatic carbocycles. The number of hydrogen-bond donors (Lipinski definition) is 1. The smallest absolute Gasteiger partial charge is 0.248 e. The maximum Gasteiger partial charge on any atom is 0.248 e. The van der Waals surface area contributed by atoms with E-state index in [1.165, 1.54) is 6.07 Å². The molecule has 140 valence electrons. The molecule has 0 bridgehead atoms. The average Bonchev–Trinajstić information content (AvgIpc) is 2.54. The summed E-state index contributed by atoms with van der Waals surface area (Å²) in [5.41, 5.74) is 1.66. The molecule has 1 N–H and O–H groups in total. The van der Waals surface area contributed by atoms with Gasteiger partial charge in [0.25, 0.3) is 0 Å². The Morgan fingerprint density at radius 2 is 1.88 bits per heavy atom. The van der Waals surface area contributed by atoms with E-state index in [4.69, 9.17) is 23.2 Å². The second kappa shape index (κ2) is 8.29. The number of nitrogens with one attached hydrogen (secondary N) is 1. The van der Waals surface area contributed by atoms with Crippen molar-refractivity contribution in [2.75, 3.05) is 15.9 Å². The van der Waals surface area contributed by atoms with Gasteiger partial charge in [0.1, 0.15) is 6.04 Å². The number of hydrogen-bond acceptors (Lipinski definition) is 3. The van der Waals surface area contributed by atoms with E-state index < -0.39 is 22.0 Å². The number of aryl methyl sites for hydroxylation is 1. The lowest BCUT2D eigenvalue weighted by atomic mass is 10.1. The SMILES string of the molecule is CC[C@H](C(=O)Nc1cc(Cl)ccc1Cl)N(c1cccc(C)c1)S(C)(=O)=O. The minimum atomic E-state index is -3.69. The topological polar surface area (TPSA) is 66.5 Å². The van der Waals surface area contributed by atoms with Crippen molar-refractivity contribution >= 4 is 50.5 Å². The van der Waals surface area contributed by atoms with Crippen LogP contribution in [0.1, 0.15) is 18.9 Å². The fourth-order valence-corrected chi connectivity index (χ4v) is 4.18. The number of amides is 1. The summed E-state index contributed by atoms with van der Waals surface area (Å²) in [7, 11) is -3.69. The molecule has 0 spiro atoms. The van der Waals surface area contributed by atoms with E-state index in [0.717, 1.165) is 16.1 Å². The molecule has 0 aliphatic carbocycles. The van der Waals surface area contributed by atoms with Crippen molar-refractivity contribution in [1.29, 1.82) is 0 Å². The summed E-state index contributed by atoms with van der Waals surface area (Å²) < 4.78 is 26.0. The Kier molecular flexibility index (Phi) is 6.55. The molecule has 0 saturated carbocycles. The van der Waals surface area contributed by atoms with E-state index in [0.29, 0.717) is 21.4 Å². The summed E-state index contributed by atoms with van der Waals surface area (Å²) in [5.74, 6) is -0.483. The van der Waals surface area contributed by atoms with Crippen molar-refractivity contribution in [2.45, 2.75) is 26.3 Å². The van der Waals surface area contributed by atoms with Crippen molar-refractivity contribution in [3.8, 4) is 0 Å². The number of nitrogens with zero attached hydrogens (tertiary/aromatic N) is 1. The van der Waals surface area contributed by atoms with Crippen molar-refractivity contribution in [3.05, 3.63) is 58.1 Å². The Bertz CT molecular complexity index is 916. The fourth-order valence-electron chi connectivity index (χ4n) is 2.63. The van der Waals surface area contributed by atoms with Crippen LogP contribution in [0.25, 0.3) is 0 Å². The van der Waals surface area contributed by atoms with Gasteiger partial charge in [0.15, 0.2) is 0 Å². The molecule has 0 unspecified atom stereocenters. The molecule has 1 atom stereocenters. The number of sulfonamides is 1. The molecule has 1 amide bonds. The van der Waals surface area contributed by atoms with Crippen LogP contribution >= 0.6 is 23.2 Å². The zero-order valence-electron chi connectivity index (χ0n) is 14.7. The van der Waals surface area contributed by atoms with E-state index in [2.05, 4.69) is 5.32 Å². The van der Waals surface area contributed by atoms with Crippen molar-refractivity contribution in [1.82, 2.24) is 0 Å². The predicted molar refractivity (Wildman–Crippen MR) is 108 cm³/mol. The molecular weight excluding hydrogens is 395 g/mol. The first-order valence-corrected chi connectivity index (χ1v) is 10.6. The maximum atomic E-state index is 12.8. The van der Waals surface area contributed by atoms with Gasteiger partial charge in [-0.25, -0.2) is 8.42 Å². The van der Waals surface area contributed by atoms with E-state index in [1.807, 2.05) is 13.0 Å². The third kappa shape index (κ3) is 4.90. The van der Waals surface area contributed by atoms with E-state index in [1.54, 1.807) is 37.3 Å². The van der Waals surface area contributed by atoms with E-state index in [9.17, 15) is 13.2 Å². The molecule has 5 nitrogen and oxygen atoms in total. The van der Waals surface area contributed by atoms with Gasteiger partial charge in [0, 0.05) is 5.02 Å². The first-order valence-electron chi connectivity index (χ1n) is 7.95. The normalized spacial score (nSPS) is 12.5. The van der Waals surface area contributed by atoms with E-state index in [-0.39, 0.29) is 6.42 Å². The second-order valence-corrected chi connectivity index (χ2v) is 8.64. The molecular formula is C18H20Cl2N2O3S. The van der Waals surface area contributed by atoms with Gasteiger partial charge in [-0.1, -0.05) is 42.3 Å². The van der Waals surface area contributed by atoms with Gasteiger partial charge in [0.05, 0.1) is 22.7 Å². The minimum absolute atomic E-state index is 0.283. The third-order valence-corrected chi connectivity index (χ3v) is 5.52. The van der Waals surface area contributed by atoms with Crippen LogP contribution in [0, 0.1) is 6.92 Å². The van der Waals surface area contributed by atoms with Gasteiger partial charge in [-0.3, -0.25) is 9.10 Å². The number of halogens is 2. The Hall–Kier alpha value is -1.76. The van der Waals surface area contributed by atoms with Crippen molar-refractivity contribution < 1.29 is 13.2 Å². The van der Waals surface area contributed by atoms with Crippen LogP contribution in [0.2, 0.25) is 10.0 Å². The highest BCUT2D eigenvalue weighted by atomic mass is 35.5. The Morgan fingerprint density at radius 3 is 2.46 bits per heavy atom. The van der Waals surface area contributed by atoms with Crippen LogP contribution in [0.5, 0.6) is 0 Å². The lowest BCUT2D eigenvalue weighted by Crippen LogP contribution is -2.47. The Balaban J connectivity index is 2.41. The fraction of sp³-hybridized carbons (Fsp3) is 0.278. The lowest BCUT2D eigenvalue weighted by molar-refractivity contribution is -0.117. The van der Waals surface area contributed by atoms with Gasteiger partial charge >= 0.3 is 0 Å². The largest absolute Gasteiger partial charge is 0.323 e. The summed E-state index contributed by atoms with van der Waals surface area (Å²) >= 11 is 12.0. The summed E-state index contributed by atoms with van der Waals surface area (Å²) in [6.45, 7) is 3.61. The second-order valence-electron chi connectivity index (χ2n) is 5.94. The molecule has 26 heavy (non-hydrogen) atoms. The maximum absolute atomic E-state index is 12.8. The lowest BCUT2D eigenvalue weighted by Gasteiger charge is -2.30. The number of carbonyl (C=O) groups excluding carboxylic acids is 1. The highest BCUT2D eigenvalue weighted by Gasteiger charge is 2.31. The van der Waals surface area contributed by atoms with Crippen molar-refractivity contribution in [3.63, 3.8) is 0 Å². The number of anilines is 2. The quantitative estimate of drug-likeness (QED) is 0.756. The molecule has 8 heteroatoms. The number of rotatable bonds is 6. The molecule has 0 saturated heterocycles. The van der Waals surface area contributed by atoms with Gasteiger partial charge in [-0.15, -0.1) is 0 Å². The molecule has 0 radical (unpaired) electrons. The highest BCUT2D eigenvalue weighted by Crippen LogP contribution is 2.28.